The van der Waals surface area contributed by atoms with Gasteiger partial charge in [-0.05, 0) is 37.5 Å². The van der Waals surface area contributed by atoms with E-state index in [4.69, 9.17) is 4.74 Å². The highest BCUT2D eigenvalue weighted by molar-refractivity contribution is 6.03. The topological polar surface area (TPSA) is 84.5 Å². The van der Waals surface area contributed by atoms with Crippen molar-refractivity contribution >= 4 is 17.8 Å². The maximum Gasteiger partial charge on any atom is 0.408 e. The van der Waals surface area contributed by atoms with Crippen molar-refractivity contribution in [2.75, 3.05) is 0 Å². The number of carbonyl (C=O) groups is 3. The van der Waals surface area contributed by atoms with Crippen molar-refractivity contribution < 1.29 is 19.1 Å². The summed E-state index contributed by atoms with van der Waals surface area (Å²) in [5.74, 6) is -0.798. The average Bonchev–Trinajstić information content (AvgIpc) is 2.96. The van der Waals surface area contributed by atoms with Gasteiger partial charge in [0.05, 0.1) is 6.42 Å². The summed E-state index contributed by atoms with van der Waals surface area (Å²) in [6, 6.07) is 36.6. The zero-order chi connectivity index (χ0) is 28.6. The molecular weight excluding hydrogens is 500 g/mol. The van der Waals surface area contributed by atoms with Crippen molar-refractivity contribution in [3.8, 4) is 0 Å². The molecule has 0 fully saturated rings. The second-order valence-corrected chi connectivity index (χ2v) is 10.5. The molecule has 0 bridgehead atoms. The lowest BCUT2D eigenvalue weighted by Gasteiger charge is -2.37. The smallest absolute Gasteiger partial charge is 0.408 e. The third-order valence-corrected chi connectivity index (χ3v) is 6.40. The number of hydrogen-bond acceptors (Lipinski definition) is 4. The fourth-order valence-corrected chi connectivity index (χ4v) is 4.69. The largest absolute Gasteiger partial charge is 0.444 e. The number of ketones is 1. The first kappa shape index (κ1) is 28.3. The number of carbonyl (C=O) groups excluding carboxylic acids is 3. The van der Waals surface area contributed by atoms with Gasteiger partial charge < -0.3 is 15.4 Å². The van der Waals surface area contributed by atoms with E-state index in [1.807, 2.05) is 91.0 Å². The van der Waals surface area contributed by atoms with Gasteiger partial charge in [-0.1, -0.05) is 121 Å². The van der Waals surface area contributed by atoms with Crippen LogP contribution in [0.5, 0.6) is 0 Å². The third-order valence-electron chi connectivity index (χ3n) is 6.40. The van der Waals surface area contributed by atoms with Crippen molar-refractivity contribution in [2.45, 2.75) is 44.4 Å². The maximum absolute atomic E-state index is 13.9. The van der Waals surface area contributed by atoms with Gasteiger partial charge >= 0.3 is 6.09 Å². The monoisotopic (exact) mass is 534 g/mol. The highest BCUT2D eigenvalue weighted by atomic mass is 16.6. The van der Waals surface area contributed by atoms with E-state index in [9.17, 15) is 14.4 Å². The summed E-state index contributed by atoms with van der Waals surface area (Å²) in [6.45, 7) is 5.21. The SMILES string of the molecule is CC(C)(C)OC(=O)NC(CC(=O)NC(c1ccccc1)(c1ccccc1)c1ccccc1)C(=O)c1ccccc1. The fraction of sp³-hybridized carbons (Fsp3) is 0.206. The Morgan fingerprint density at radius 1 is 0.650 bits per heavy atom. The van der Waals surface area contributed by atoms with Crippen molar-refractivity contribution in [3.05, 3.63) is 144 Å². The van der Waals surface area contributed by atoms with Crippen LogP contribution in [0.2, 0.25) is 0 Å². The summed E-state index contributed by atoms with van der Waals surface area (Å²) in [6.07, 6.45) is -1.06. The number of benzene rings is 4. The van der Waals surface area contributed by atoms with Crippen molar-refractivity contribution in [1.29, 1.82) is 0 Å². The minimum absolute atomic E-state index is 0.290. The third kappa shape index (κ3) is 6.83. The molecule has 4 rings (SSSR count). The molecule has 40 heavy (non-hydrogen) atoms. The van der Waals surface area contributed by atoms with Gasteiger partial charge in [0.1, 0.15) is 17.2 Å². The quantitative estimate of drug-likeness (QED) is 0.196. The number of ether oxygens (including phenoxy) is 1. The van der Waals surface area contributed by atoms with Crippen molar-refractivity contribution in [1.82, 2.24) is 10.6 Å². The zero-order valence-corrected chi connectivity index (χ0v) is 23.0. The van der Waals surface area contributed by atoms with Gasteiger partial charge in [-0.15, -0.1) is 0 Å². The Balaban J connectivity index is 1.73. The Morgan fingerprint density at radius 2 is 1.05 bits per heavy atom. The van der Waals surface area contributed by atoms with Crippen molar-refractivity contribution in [3.63, 3.8) is 0 Å². The van der Waals surface area contributed by atoms with Crippen LogP contribution in [0.1, 0.15) is 54.2 Å². The standard InChI is InChI=1S/C34H34N2O4/c1-33(2,3)40-32(39)35-29(31(38)25-16-8-4-9-17-25)24-30(37)36-34(26-18-10-5-11-19-26,27-20-12-6-13-21-27)28-22-14-7-15-23-28/h4-23,29H,24H2,1-3H3,(H,35,39)(H,36,37). The first-order valence-electron chi connectivity index (χ1n) is 13.3. The van der Waals surface area contributed by atoms with Crippen LogP contribution in [0.25, 0.3) is 0 Å². The van der Waals surface area contributed by atoms with Crippen LogP contribution in [0.4, 0.5) is 4.79 Å². The number of alkyl carbamates (subject to hydrolysis) is 1. The van der Waals surface area contributed by atoms with E-state index < -0.39 is 29.2 Å². The van der Waals surface area contributed by atoms with Crippen LogP contribution >= 0.6 is 0 Å². The molecule has 6 heteroatoms. The van der Waals surface area contributed by atoms with Gasteiger partial charge in [0.15, 0.2) is 5.78 Å². The van der Waals surface area contributed by atoms with E-state index in [2.05, 4.69) is 10.6 Å². The van der Waals surface area contributed by atoms with E-state index in [1.54, 1.807) is 51.1 Å². The number of amides is 2. The molecule has 0 aliphatic heterocycles. The highest BCUT2D eigenvalue weighted by Gasteiger charge is 2.39. The molecule has 0 aliphatic rings. The summed E-state index contributed by atoms with van der Waals surface area (Å²) in [5, 5.41) is 5.89. The van der Waals surface area contributed by atoms with E-state index in [1.165, 1.54) is 0 Å². The van der Waals surface area contributed by atoms with Crippen LogP contribution in [0, 0.1) is 0 Å². The molecule has 6 nitrogen and oxygen atoms in total. The number of hydrogen-bond donors (Lipinski definition) is 2. The summed E-state index contributed by atoms with van der Waals surface area (Å²) in [5.41, 5.74) is 1.13. The number of Topliss-reactive ketones (excluding diaryl/α,β-unsaturated/α-hetero) is 1. The molecule has 2 N–H and O–H groups in total. The second-order valence-electron chi connectivity index (χ2n) is 10.5. The van der Waals surface area contributed by atoms with Gasteiger partial charge in [-0.2, -0.15) is 0 Å². The Kier molecular flexibility index (Phi) is 8.80. The normalized spacial score (nSPS) is 12.2. The first-order chi connectivity index (χ1) is 19.2. The van der Waals surface area contributed by atoms with Gasteiger partial charge in [0.2, 0.25) is 5.91 Å². The molecule has 0 aromatic heterocycles. The molecule has 0 spiro atoms. The van der Waals surface area contributed by atoms with E-state index >= 15 is 0 Å². The minimum atomic E-state index is -1.14. The summed E-state index contributed by atoms with van der Waals surface area (Å²) < 4.78 is 5.41. The lowest BCUT2D eigenvalue weighted by Crippen LogP contribution is -2.51. The summed E-state index contributed by atoms with van der Waals surface area (Å²) in [4.78, 5) is 40.2. The van der Waals surface area contributed by atoms with E-state index in [0.717, 1.165) is 16.7 Å². The predicted octanol–water partition coefficient (Wildman–Crippen LogP) is 6.26. The maximum atomic E-state index is 13.9. The Labute approximate surface area is 235 Å². The summed E-state index contributed by atoms with van der Waals surface area (Å²) >= 11 is 0. The lowest BCUT2D eigenvalue weighted by molar-refractivity contribution is -0.122. The molecule has 0 radical (unpaired) electrons. The van der Waals surface area contributed by atoms with E-state index in [0.29, 0.717) is 5.56 Å². The molecular formula is C34H34N2O4. The van der Waals surface area contributed by atoms with Crippen LogP contribution in [-0.2, 0) is 15.1 Å². The molecule has 4 aromatic carbocycles. The molecule has 1 atom stereocenters. The minimum Gasteiger partial charge on any atom is -0.444 e. The summed E-state index contributed by atoms with van der Waals surface area (Å²) in [7, 11) is 0. The van der Waals surface area contributed by atoms with Crippen LogP contribution in [-0.4, -0.2) is 29.4 Å². The Morgan fingerprint density at radius 3 is 1.45 bits per heavy atom. The molecule has 1 unspecified atom stereocenters. The molecule has 0 saturated carbocycles. The average molecular weight is 535 g/mol. The first-order valence-corrected chi connectivity index (χ1v) is 13.3. The number of rotatable bonds is 9. The molecule has 2 amide bonds. The highest BCUT2D eigenvalue weighted by Crippen LogP contribution is 2.37. The van der Waals surface area contributed by atoms with Crippen LogP contribution < -0.4 is 10.6 Å². The number of nitrogens with one attached hydrogen (secondary N) is 2. The zero-order valence-electron chi connectivity index (χ0n) is 23.0. The molecule has 0 heterocycles. The molecule has 0 aliphatic carbocycles. The van der Waals surface area contributed by atoms with E-state index in [-0.39, 0.29) is 12.2 Å². The Hall–Kier alpha value is -4.71. The lowest BCUT2D eigenvalue weighted by atomic mass is 9.77. The van der Waals surface area contributed by atoms with Gasteiger partial charge in [0, 0.05) is 5.56 Å². The fourth-order valence-electron chi connectivity index (χ4n) is 4.69. The van der Waals surface area contributed by atoms with Crippen molar-refractivity contribution in [2.24, 2.45) is 0 Å². The van der Waals surface area contributed by atoms with Gasteiger partial charge in [0.25, 0.3) is 0 Å². The molecule has 0 saturated heterocycles. The molecule has 204 valence electrons. The molecule has 4 aromatic rings. The second kappa shape index (κ2) is 12.4. The van der Waals surface area contributed by atoms with Crippen LogP contribution in [0.15, 0.2) is 121 Å². The van der Waals surface area contributed by atoms with Gasteiger partial charge in [-0.3, -0.25) is 9.59 Å². The Bertz CT molecular complexity index is 1320. The predicted molar refractivity (Wildman–Crippen MR) is 156 cm³/mol. The van der Waals surface area contributed by atoms with Crippen LogP contribution in [0.3, 0.4) is 0 Å². The van der Waals surface area contributed by atoms with Gasteiger partial charge in [-0.25, -0.2) is 4.79 Å².